The second-order valence-corrected chi connectivity index (χ2v) is 5.99. The first kappa shape index (κ1) is 13.4. The summed E-state index contributed by atoms with van der Waals surface area (Å²) in [5, 5.41) is 3.78. The third-order valence-corrected chi connectivity index (χ3v) is 4.64. The number of rotatable bonds is 4. The normalized spacial score (nSPS) is 32.3. The zero-order chi connectivity index (χ0) is 11.9. The van der Waals surface area contributed by atoms with Gasteiger partial charge in [0.25, 0.3) is 0 Å². The van der Waals surface area contributed by atoms with Crippen molar-refractivity contribution >= 4 is 0 Å². The molecule has 2 aliphatic rings. The smallest absolute Gasteiger partial charge is 0.0586 e. The number of nitrogens with one attached hydrogen (secondary N) is 1. The minimum atomic E-state index is 0.518. The van der Waals surface area contributed by atoms with Gasteiger partial charge in [0, 0.05) is 13.2 Å². The van der Waals surface area contributed by atoms with Gasteiger partial charge in [0.1, 0.15) is 0 Å². The van der Waals surface area contributed by atoms with Crippen molar-refractivity contribution in [1.29, 1.82) is 0 Å². The van der Waals surface area contributed by atoms with Gasteiger partial charge in [0.05, 0.1) is 6.10 Å². The molecule has 0 aromatic rings. The molecule has 17 heavy (non-hydrogen) atoms. The Morgan fingerprint density at radius 3 is 2.29 bits per heavy atom. The molecule has 2 nitrogen and oxygen atoms in total. The van der Waals surface area contributed by atoms with Gasteiger partial charge in [-0.2, -0.15) is 0 Å². The average Bonchev–Trinajstić information content (AvgIpc) is 2.75. The van der Waals surface area contributed by atoms with E-state index in [0.717, 1.165) is 12.0 Å². The van der Waals surface area contributed by atoms with Crippen molar-refractivity contribution in [3.05, 3.63) is 0 Å². The molecule has 1 N–H and O–H groups in total. The Morgan fingerprint density at radius 1 is 0.941 bits per heavy atom. The molecular weight excluding hydrogens is 210 g/mol. The van der Waals surface area contributed by atoms with Gasteiger partial charge < -0.3 is 10.1 Å². The van der Waals surface area contributed by atoms with Crippen molar-refractivity contribution in [2.75, 3.05) is 13.7 Å². The second kappa shape index (κ2) is 7.38. The molecule has 2 aliphatic carbocycles. The molecule has 0 aromatic heterocycles. The Morgan fingerprint density at radius 2 is 1.65 bits per heavy atom. The standard InChI is InChI=1S/C15H29NO/c1-17-15-10-9-14(11-15)16-12-13-7-5-3-2-4-6-8-13/h13-16H,2-12H2,1H3. The van der Waals surface area contributed by atoms with Crippen LogP contribution in [0.5, 0.6) is 0 Å². The summed E-state index contributed by atoms with van der Waals surface area (Å²) in [6, 6.07) is 0.727. The lowest BCUT2D eigenvalue weighted by molar-refractivity contribution is 0.106. The summed E-state index contributed by atoms with van der Waals surface area (Å²) >= 11 is 0. The van der Waals surface area contributed by atoms with Gasteiger partial charge in [-0.3, -0.25) is 0 Å². The van der Waals surface area contributed by atoms with E-state index in [1.165, 1.54) is 70.8 Å². The summed E-state index contributed by atoms with van der Waals surface area (Å²) in [6.07, 6.45) is 14.5. The highest BCUT2D eigenvalue weighted by molar-refractivity contribution is 4.82. The van der Waals surface area contributed by atoms with Crippen LogP contribution in [0.2, 0.25) is 0 Å². The molecule has 2 heteroatoms. The van der Waals surface area contributed by atoms with Crippen LogP contribution >= 0.6 is 0 Å². The summed E-state index contributed by atoms with van der Waals surface area (Å²) in [5.74, 6) is 0.942. The van der Waals surface area contributed by atoms with Crippen LogP contribution in [0.15, 0.2) is 0 Å². The largest absolute Gasteiger partial charge is 0.381 e. The minimum absolute atomic E-state index is 0.518. The molecule has 2 atom stereocenters. The Bertz CT molecular complexity index is 199. The lowest BCUT2D eigenvalue weighted by Gasteiger charge is -2.22. The Balaban J connectivity index is 1.63. The Labute approximate surface area is 107 Å². The molecule has 2 saturated carbocycles. The molecule has 0 saturated heterocycles. The number of hydrogen-bond donors (Lipinski definition) is 1. The maximum atomic E-state index is 5.43. The zero-order valence-electron chi connectivity index (χ0n) is 11.4. The summed E-state index contributed by atoms with van der Waals surface area (Å²) in [6.45, 7) is 1.25. The fourth-order valence-corrected chi connectivity index (χ4v) is 3.42. The van der Waals surface area contributed by atoms with Crippen LogP contribution in [-0.4, -0.2) is 25.8 Å². The molecule has 0 spiro atoms. The van der Waals surface area contributed by atoms with E-state index < -0.39 is 0 Å². The fraction of sp³-hybridized carbons (Fsp3) is 1.00. The molecular formula is C15H29NO. The first-order valence-electron chi connectivity index (χ1n) is 7.64. The van der Waals surface area contributed by atoms with Crippen LogP contribution in [0.4, 0.5) is 0 Å². The van der Waals surface area contributed by atoms with Crippen molar-refractivity contribution in [3.8, 4) is 0 Å². The van der Waals surface area contributed by atoms with Gasteiger partial charge in [0.15, 0.2) is 0 Å². The van der Waals surface area contributed by atoms with Crippen LogP contribution < -0.4 is 5.32 Å². The van der Waals surface area contributed by atoms with E-state index in [9.17, 15) is 0 Å². The molecule has 2 rings (SSSR count). The van der Waals surface area contributed by atoms with E-state index in [2.05, 4.69) is 5.32 Å². The van der Waals surface area contributed by atoms with E-state index in [4.69, 9.17) is 4.74 Å². The number of methoxy groups -OCH3 is 1. The predicted octanol–water partition coefficient (Wildman–Crippen LogP) is 3.50. The lowest BCUT2D eigenvalue weighted by atomic mass is 9.91. The van der Waals surface area contributed by atoms with Crippen molar-refractivity contribution in [1.82, 2.24) is 5.32 Å². The highest BCUT2D eigenvalue weighted by atomic mass is 16.5. The monoisotopic (exact) mass is 239 g/mol. The summed E-state index contributed by atoms with van der Waals surface area (Å²) in [4.78, 5) is 0. The number of hydrogen-bond acceptors (Lipinski definition) is 2. The van der Waals surface area contributed by atoms with Crippen LogP contribution in [0.1, 0.15) is 64.2 Å². The second-order valence-electron chi connectivity index (χ2n) is 5.99. The summed E-state index contributed by atoms with van der Waals surface area (Å²) in [7, 11) is 1.85. The predicted molar refractivity (Wildman–Crippen MR) is 72.2 cm³/mol. The zero-order valence-corrected chi connectivity index (χ0v) is 11.4. The van der Waals surface area contributed by atoms with Gasteiger partial charge in [-0.15, -0.1) is 0 Å². The van der Waals surface area contributed by atoms with Gasteiger partial charge in [-0.25, -0.2) is 0 Å². The SMILES string of the molecule is COC1CCC(NCC2CCCCCCC2)C1. The van der Waals surface area contributed by atoms with Gasteiger partial charge >= 0.3 is 0 Å². The maximum absolute atomic E-state index is 5.43. The molecule has 2 unspecified atom stereocenters. The van der Waals surface area contributed by atoms with E-state index in [-0.39, 0.29) is 0 Å². The molecule has 0 amide bonds. The van der Waals surface area contributed by atoms with Crippen molar-refractivity contribution < 1.29 is 4.74 Å². The van der Waals surface area contributed by atoms with Crippen LogP contribution in [0.25, 0.3) is 0 Å². The molecule has 100 valence electrons. The molecule has 2 fully saturated rings. The third-order valence-electron chi connectivity index (χ3n) is 4.64. The summed E-state index contributed by atoms with van der Waals surface area (Å²) in [5.41, 5.74) is 0. The van der Waals surface area contributed by atoms with Crippen molar-refractivity contribution in [3.63, 3.8) is 0 Å². The van der Waals surface area contributed by atoms with Crippen LogP contribution in [0, 0.1) is 5.92 Å². The topological polar surface area (TPSA) is 21.3 Å². The van der Waals surface area contributed by atoms with Gasteiger partial charge in [0.2, 0.25) is 0 Å². The first-order chi connectivity index (χ1) is 8.38. The Hall–Kier alpha value is -0.0800. The molecule has 0 aromatic carbocycles. The molecule has 0 heterocycles. The molecule has 0 bridgehead atoms. The van der Waals surface area contributed by atoms with E-state index >= 15 is 0 Å². The summed E-state index contributed by atoms with van der Waals surface area (Å²) < 4.78 is 5.43. The molecule has 0 radical (unpaired) electrons. The Kier molecular flexibility index (Phi) is 5.79. The van der Waals surface area contributed by atoms with Gasteiger partial charge in [-0.1, -0.05) is 32.1 Å². The van der Waals surface area contributed by atoms with Crippen molar-refractivity contribution in [2.45, 2.75) is 76.4 Å². The van der Waals surface area contributed by atoms with E-state index in [0.29, 0.717) is 6.10 Å². The van der Waals surface area contributed by atoms with Crippen LogP contribution in [-0.2, 0) is 4.74 Å². The van der Waals surface area contributed by atoms with Crippen LogP contribution in [0.3, 0.4) is 0 Å². The third kappa shape index (κ3) is 4.59. The quantitative estimate of drug-likeness (QED) is 0.810. The average molecular weight is 239 g/mol. The minimum Gasteiger partial charge on any atom is -0.381 e. The maximum Gasteiger partial charge on any atom is 0.0586 e. The van der Waals surface area contributed by atoms with E-state index in [1.54, 1.807) is 0 Å². The highest BCUT2D eigenvalue weighted by Gasteiger charge is 2.24. The lowest BCUT2D eigenvalue weighted by Crippen LogP contribution is -2.32. The highest BCUT2D eigenvalue weighted by Crippen LogP contribution is 2.24. The van der Waals surface area contributed by atoms with Crippen molar-refractivity contribution in [2.24, 2.45) is 5.92 Å². The van der Waals surface area contributed by atoms with Gasteiger partial charge in [-0.05, 0) is 44.6 Å². The fourth-order valence-electron chi connectivity index (χ4n) is 3.42. The number of ether oxygens (including phenoxy) is 1. The first-order valence-corrected chi connectivity index (χ1v) is 7.64. The molecule has 0 aliphatic heterocycles. The van der Waals surface area contributed by atoms with E-state index in [1.807, 2.05) is 7.11 Å².